The lowest BCUT2D eigenvalue weighted by molar-refractivity contribution is -0.135. The van der Waals surface area contributed by atoms with Crippen molar-refractivity contribution in [1.82, 2.24) is 4.72 Å². The highest BCUT2D eigenvalue weighted by atomic mass is 32.2. The van der Waals surface area contributed by atoms with E-state index in [0.29, 0.717) is 0 Å². The highest BCUT2D eigenvalue weighted by Gasteiger charge is 2.32. The molecule has 1 fully saturated rings. The second-order valence-electron chi connectivity index (χ2n) is 4.36. The van der Waals surface area contributed by atoms with Crippen molar-refractivity contribution in [1.29, 1.82) is 0 Å². The van der Waals surface area contributed by atoms with Gasteiger partial charge in [-0.25, -0.2) is 4.31 Å². The van der Waals surface area contributed by atoms with Crippen LogP contribution in [-0.4, -0.2) is 32.1 Å². The van der Waals surface area contributed by atoms with Crippen molar-refractivity contribution in [3.63, 3.8) is 0 Å². The maximum Gasteiger partial charge on any atom is 0.324 e. The quantitative estimate of drug-likeness (QED) is 0.644. The van der Waals surface area contributed by atoms with Crippen molar-refractivity contribution in [2.75, 3.05) is 16.6 Å². The van der Waals surface area contributed by atoms with Gasteiger partial charge in [-0.2, -0.15) is 13.1 Å². The number of hydrogen-bond acceptors (Lipinski definition) is 4. The predicted octanol–water partition coefficient (Wildman–Crippen LogP) is 0.157. The molecule has 19 heavy (non-hydrogen) atoms. The summed E-state index contributed by atoms with van der Waals surface area (Å²) < 4.78 is 27.6. The monoisotopic (exact) mass is 285 g/mol. The SMILES string of the molecule is Nc1ccccc1N(CC(=O)O)S(=O)(=O)NC1CC1. The highest BCUT2D eigenvalue weighted by Crippen LogP contribution is 2.27. The first-order valence-electron chi connectivity index (χ1n) is 5.76. The second-order valence-corrected chi connectivity index (χ2v) is 5.98. The fourth-order valence-electron chi connectivity index (χ4n) is 1.61. The third kappa shape index (κ3) is 3.36. The number of anilines is 2. The Morgan fingerprint density at radius 1 is 1.42 bits per heavy atom. The lowest BCUT2D eigenvalue weighted by Gasteiger charge is -2.24. The van der Waals surface area contributed by atoms with Gasteiger partial charge in [0.1, 0.15) is 6.54 Å². The Balaban J connectivity index is 2.35. The molecule has 0 spiro atoms. The zero-order valence-corrected chi connectivity index (χ0v) is 10.9. The minimum absolute atomic E-state index is 0.105. The predicted molar refractivity (Wildman–Crippen MR) is 70.9 cm³/mol. The molecule has 0 atom stereocenters. The van der Waals surface area contributed by atoms with Gasteiger partial charge in [-0.15, -0.1) is 0 Å². The largest absolute Gasteiger partial charge is 0.480 e. The van der Waals surface area contributed by atoms with E-state index in [1.165, 1.54) is 12.1 Å². The first kappa shape index (κ1) is 13.6. The molecule has 104 valence electrons. The topological polar surface area (TPSA) is 113 Å². The van der Waals surface area contributed by atoms with E-state index in [-0.39, 0.29) is 17.4 Å². The van der Waals surface area contributed by atoms with Crippen LogP contribution >= 0.6 is 0 Å². The molecule has 7 nitrogen and oxygen atoms in total. The van der Waals surface area contributed by atoms with Crippen LogP contribution in [0, 0.1) is 0 Å². The number of hydrogen-bond donors (Lipinski definition) is 3. The number of nitrogen functional groups attached to an aromatic ring is 1. The molecule has 1 saturated carbocycles. The molecule has 0 unspecified atom stereocenters. The molecule has 1 aliphatic rings. The van der Waals surface area contributed by atoms with E-state index >= 15 is 0 Å². The third-order valence-corrected chi connectivity index (χ3v) is 4.20. The molecule has 0 heterocycles. The van der Waals surface area contributed by atoms with Crippen LogP contribution in [0.4, 0.5) is 11.4 Å². The standard InChI is InChI=1S/C11H15N3O4S/c12-9-3-1-2-4-10(9)14(7-11(15)16)19(17,18)13-8-5-6-8/h1-4,8,13H,5-7,12H2,(H,15,16). The number of nitrogens with one attached hydrogen (secondary N) is 1. The zero-order valence-electron chi connectivity index (χ0n) is 10.1. The molecule has 0 saturated heterocycles. The first-order chi connectivity index (χ1) is 8.90. The van der Waals surface area contributed by atoms with Crippen molar-refractivity contribution < 1.29 is 18.3 Å². The molecule has 1 aromatic rings. The van der Waals surface area contributed by atoms with Gasteiger partial charge in [0.2, 0.25) is 0 Å². The van der Waals surface area contributed by atoms with Crippen molar-refractivity contribution in [2.24, 2.45) is 0 Å². The van der Waals surface area contributed by atoms with Gasteiger partial charge >= 0.3 is 16.2 Å². The lowest BCUT2D eigenvalue weighted by atomic mass is 10.3. The smallest absolute Gasteiger partial charge is 0.324 e. The Morgan fingerprint density at radius 3 is 2.58 bits per heavy atom. The lowest BCUT2D eigenvalue weighted by Crippen LogP contribution is -2.44. The number of carboxylic acid groups (broad SMARTS) is 1. The van der Waals surface area contributed by atoms with Gasteiger partial charge in [0.15, 0.2) is 0 Å². The molecule has 0 amide bonds. The van der Waals surface area contributed by atoms with E-state index in [0.717, 1.165) is 17.1 Å². The summed E-state index contributed by atoms with van der Waals surface area (Å²) in [5.41, 5.74) is 6.09. The molecule has 2 rings (SSSR count). The summed E-state index contributed by atoms with van der Waals surface area (Å²) in [5, 5.41) is 8.87. The highest BCUT2D eigenvalue weighted by molar-refractivity contribution is 7.91. The van der Waals surface area contributed by atoms with E-state index in [1.54, 1.807) is 12.1 Å². The molecule has 4 N–H and O–H groups in total. The van der Waals surface area contributed by atoms with E-state index in [9.17, 15) is 13.2 Å². The van der Waals surface area contributed by atoms with Crippen LogP contribution in [0.5, 0.6) is 0 Å². The molecule has 8 heteroatoms. The summed E-state index contributed by atoms with van der Waals surface area (Å²) in [6.07, 6.45) is 1.54. The molecular formula is C11H15N3O4S. The van der Waals surface area contributed by atoms with Crippen LogP contribution in [0.15, 0.2) is 24.3 Å². The summed E-state index contributed by atoms with van der Waals surface area (Å²) >= 11 is 0. The average Bonchev–Trinajstić information content (AvgIpc) is 3.10. The number of nitrogens with zero attached hydrogens (tertiary/aromatic N) is 1. The number of aliphatic carboxylic acids is 1. The summed E-state index contributed by atoms with van der Waals surface area (Å²) in [6, 6.07) is 6.15. The number of para-hydroxylation sites is 2. The molecule has 1 aromatic carbocycles. The van der Waals surface area contributed by atoms with Gasteiger partial charge in [0, 0.05) is 6.04 Å². The van der Waals surface area contributed by atoms with Crippen molar-refractivity contribution in [3.05, 3.63) is 24.3 Å². The first-order valence-corrected chi connectivity index (χ1v) is 7.20. The van der Waals surface area contributed by atoms with Crippen LogP contribution in [0.25, 0.3) is 0 Å². The number of carboxylic acids is 1. The Hall–Kier alpha value is -1.80. The summed E-state index contributed by atoms with van der Waals surface area (Å²) in [6.45, 7) is -0.670. The van der Waals surface area contributed by atoms with Crippen LogP contribution < -0.4 is 14.8 Å². The summed E-state index contributed by atoms with van der Waals surface area (Å²) in [7, 11) is -3.91. The van der Waals surface area contributed by atoms with Crippen LogP contribution in [-0.2, 0) is 15.0 Å². The maximum atomic E-state index is 12.2. The Labute approximate surface area is 111 Å². The zero-order chi connectivity index (χ0) is 14.0. The van der Waals surface area contributed by atoms with Gasteiger partial charge in [-0.1, -0.05) is 12.1 Å². The molecular weight excluding hydrogens is 270 g/mol. The molecule has 0 aliphatic heterocycles. The Morgan fingerprint density at radius 2 is 2.05 bits per heavy atom. The summed E-state index contributed by atoms with van der Waals surface area (Å²) in [5.74, 6) is -1.25. The Bertz CT molecular complexity index is 583. The van der Waals surface area contributed by atoms with Crippen LogP contribution in [0.3, 0.4) is 0 Å². The fraction of sp³-hybridized carbons (Fsp3) is 0.364. The maximum absolute atomic E-state index is 12.2. The van der Waals surface area contributed by atoms with Gasteiger partial charge in [0.05, 0.1) is 11.4 Å². The van der Waals surface area contributed by atoms with Gasteiger partial charge in [-0.05, 0) is 25.0 Å². The van der Waals surface area contributed by atoms with E-state index in [4.69, 9.17) is 10.8 Å². The van der Waals surface area contributed by atoms with E-state index < -0.39 is 22.7 Å². The minimum atomic E-state index is -3.91. The molecule has 1 aliphatic carbocycles. The van der Waals surface area contributed by atoms with E-state index in [1.807, 2.05) is 0 Å². The van der Waals surface area contributed by atoms with Crippen LogP contribution in [0.1, 0.15) is 12.8 Å². The average molecular weight is 285 g/mol. The number of carbonyl (C=O) groups is 1. The molecule has 0 radical (unpaired) electrons. The van der Waals surface area contributed by atoms with Crippen molar-refractivity contribution in [2.45, 2.75) is 18.9 Å². The fourth-order valence-corrected chi connectivity index (χ4v) is 3.10. The van der Waals surface area contributed by atoms with E-state index in [2.05, 4.69) is 4.72 Å². The van der Waals surface area contributed by atoms with Gasteiger partial charge in [-0.3, -0.25) is 4.79 Å². The van der Waals surface area contributed by atoms with Crippen molar-refractivity contribution in [3.8, 4) is 0 Å². The number of benzene rings is 1. The second kappa shape index (κ2) is 5.06. The minimum Gasteiger partial charge on any atom is -0.480 e. The third-order valence-electron chi connectivity index (χ3n) is 2.67. The van der Waals surface area contributed by atoms with Crippen LogP contribution in [0.2, 0.25) is 0 Å². The van der Waals surface area contributed by atoms with Crippen molar-refractivity contribution >= 4 is 27.6 Å². The number of nitrogens with two attached hydrogens (primary N) is 1. The molecule has 0 aromatic heterocycles. The summed E-state index contributed by atoms with van der Waals surface area (Å²) in [4.78, 5) is 10.9. The van der Waals surface area contributed by atoms with Gasteiger partial charge < -0.3 is 10.8 Å². The Kier molecular flexibility index (Phi) is 3.63. The van der Waals surface area contributed by atoms with Gasteiger partial charge in [0.25, 0.3) is 0 Å². The molecule has 0 bridgehead atoms. The normalized spacial score (nSPS) is 15.2. The number of rotatable bonds is 6.